The van der Waals surface area contributed by atoms with E-state index in [1.54, 1.807) is 30.3 Å². The van der Waals surface area contributed by atoms with Gasteiger partial charge in [0.25, 0.3) is 10.0 Å². The number of benzene rings is 2. The van der Waals surface area contributed by atoms with Gasteiger partial charge in [-0.05, 0) is 60.7 Å². The van der Waals surface area contributed by atoms with E-state index >= 15 is 0 Å². The summed E-state index contributed by atoms with van der Waals surface area (Å²) in [6, 6.07) is 12.1. The van der Waals surface area contributed by atoms with Crippen molar-refractivity contribution in [2.45, 2.75) is 28.6 Å². The van der Waals surface area contributed by atoms with E-state index in [2.05, 4.69) is 4.72 Å². The summed E-state index contributed by atoms with van der Waals surface area (Å²) in [6.07, 6.45) is 2.75. The van der Waals surface area contributed by atoms with Crippen LogP contribution in [0.2, 0.25) is 4.34 Å². The van der Waals surface area contributed by atoms with Gasteiger partial charge in [0.1, 0.15) is 0 Å². The first-order valence-corrected chi connectivity index (χ1v) is 14.4. The van der Waals surface area contributed by atoms with E-state index in [9.17, 15) is 21.6 Å². The molecule has 0 unspecified atom stereocenters. The zero-order valence-corrected chi connectivity index (χ0v) is 20.9. The van der Waals surface area contributed by atoms with Crippen LogP contribution in [0.1, 0.15) is 34.7 Å². The zero-order valence-electron chi connectivity index (χ0n) is 17.7. The molecule has 1 heterocycles. The van der Waals surface area contributed by atoms with Crippen LogP contribution in [0, 0.1) is 0 Å². The Bertz CT molecular complexity index is 1460. The van der Waals surface area contributed by atoms with Crippen LogP contribution in [0.5, 0.6) is 0 Å². The van der Waals surface area contributed by atoms with Gasteiger partial charge in [0.2, 0.25) is 0 Å². The number of hydrogen-bond acceptors (Lipinski definition) is 7. The molecule has 1 saturated carbocycles. The molecule has 1 aliphatic rings. The molecule has 7 nitrogen and oxygen atoms in total. The molecule has 2 aromatic carbocycles. The van der Waals surface area contributed by atoms with E-state index in [0.717, 1.165) is 19.1 Å². The third-order valence-electron chi connectivity index (χ3n) is 5.24. The molecular weight excluding hydrogens is 506 g/mol. The molecule has 11 heteroatoms. The van der Waals surface area contributed by atoms with E-state index < -0.39 is 25.8 Å². The van der Waals surface area contributed by atoms with E-state index in [1.165, 1.54) is 36.6 Å². The number of carbonyl (C=O) groups is 1. The molecule has 3 aromatic rings. The van der Waals surface area contributed by atoms with Crippen LogP contribution in [0.4, 0.5) is 5.69 Å². The minimum atomic E-state index is -4.18. The maximum absolute atomic E-state index is 13.5. The quantitative estimate of drug-likeness (QED) is 0.438. The van der Waals surface area contributed by atoms with Crippen molar-refractivity contribution in [2.24, 2.45) is 0 Å². The summed E-state index contributed by atoms with van der Waals surface area (Å²) >= 11 is 7.30. The van der Waals surface area contributed by atoms with Crippen LogP contribution in [-0.2, 0) is 24.6 Å². The van der Waals surface area contributed by atoms with Crippen molar-refractivity contribution in [3.8, 4) is 10.4 Å². The number of sulfonamides is 1. The molecule has 4 rings (SSSR count). The Labute approximate surface area is 201 Å². The first-order valence-electron chi connectivity index (χ1n) is 9.84. The van der Waals surface area contributed by atoms with Gasteiger partial charge in [-0.1, -0.05) is 23.7 Å². The number of anilines is 1. The molecule has 0 amide bonds. The van der Waals surface area contributed by atoms with E-state index in [1.807, 2.05) is 0 Å². The highest BCUT2D eigenvalue weighted by molar-refractivity contribution is 7.92. The number of esters is 1. The van der Waals surface area contributed by atoms with E-state index in [0.29, 0.717) is 20.3 Å². The SMILES string of the molecule is COC(=O)c1ccc(C2CC2)c(S(=O)(=O)Nc2cc(S(C)(=O)=O)ccc2-c2ccc(Cl)s2)c1. The van der Waals surface area contributed by atoms with Crippen LogP contribution >= 0.6 is 22.9 Å². The third kappa shape index (κ3) is 5.08. The van der Waals surface area contributed by atoms with Crippen molar-refractivity contribution in [1.82, 2.24) is 0 Å². The largest absolute Gasteiger partial charge is 0.465 e. The highest BCUT2D eigenvalue weighted by Crippen LogP contribution is 2.44. The summed E-state index contributed by atoms with van der Waals surface area (Å²) in [7, 11) is -6.55. The lowest BCUT2D eigenvalue weighted by molar-refractivity contribution is 0.0600. The lowest BCUT2D eigenvalue weighted by Gasteiger charge is -2.16. The minimum absolute atomic E-state index is 0.0302. The van der Waals surface area contributed by atoms with Crippen LogP contribution in [0.25, 0.3) is 10.4 Å². The molecule has 1 aliphatic carbocycles. The van der Waals surface area contributed by atoms with Crippen molar-refractivity contribution in [3.63, 3.8) is 0 Å². The molecule has 0 aliphatic heterocycles. The van der Waals surface area contributed by atoms with Crippen molar-refractivity contribution < 1.29 is 26.4 Å². The van der Waals surface area contributed by atoms with Gasteiger partial charge < -0.3 is 4.74 Å². The summed E-state index contributed by atoms with van der Waals surface area (Å²) in [5, 5.41) is 0. The molecule has 0 spiro atoms. The number of rotatable bonds is 7. The normalized spacial score (nSPS) is 14.2. The summed E-state index contributed by atoms with van der Waals surface area (Å²) in [5.74, 6) is -0.567. The Morgan fingerprint density at radius 3 is 2.36 bits per heavy atom. The first kappa shape index (κ1) is 23.7. The second-order valence-corrected chi connectivity index (χ2v) is 13.1. The average molecular weight is 526 g/mol. The van der Waals surface area contributed by atoms with Gasteiger partial charge in [0, 0.05) is 16.7 Å². The monoisotopic (exact) mass is 525 g/mol. The number of carbonyl (C=O) groups excluding carboxylic acids is 1. The highest BCUT2D eigenvalue weighted by atomic mass is 35.5. The fourth-order valence-electron chi connectivity index (χ4n) is 3.46. The molecule has 33 heavy (non-hydrogen) atoms. The maximum atomic E-state index is 13.5. The summed E-state index contributed by atoms with van der Waals surface area (Å²) in [5.41, 5.74) is 1.30. The lowest BCUT2D eigenvalue weighted by atomic mass is 10.1. The number of ether oxygens (including phenoxy) is 1. The van der Waals surface area contributed by atoms with Crippen LogP contribution in [-0.4, -0.2) is 36.2 Å². The maximum Gasteiger partial charge on any atom is 0.337 e. The van der Waals surface area contributed by atoms with Crippen molar-refractivity contribution in [1.29, 1.82) is 0 Å². The predicted molar refractivity (Wildman–Crippen MR) is 128 cm³/mol. The van der Waals surface area contributed by atoms with E-state index in [-0.39, 0.29) is 27.0 Å². The number of sulfone groups is 1. The van der Waals surface area contributed by atoms with Gasteiger partial charge in [0.15, 0.2) is 9.84 Å². The van der Waals surface area contributed by atoms with Gasteiger partial charge in [-0.25, -0.2) is 21.6 Å². The van der Waals surface area contributed by atoms with Gasteiger partial charge in [-0.2, -0.15) is 0 Å². The smallest absolute Gasteiger partial charge is 0.337 e. The second-order valence-electron chi connectivity index (χ2n) is 7.71. The molecule has 1 N–H and O–H groups in total. The summed E-state index contributed by atoms with van der Waals surface area (Å²) < 4.78 is 59.1. The molecule has 0 saturated heterocycles. The third-order valence-corrected chi connectivity index (χ3v) is 9.04. The van der Waals surface area contributed by atoms with E-state index in [4.69, 9.17) is 16.3 Å². The molecule has 1 fully saturated rings. The number of thiophene rings is 1. The second kappa shape index (κ2) is 8.75. The van der Waals surface area contributed by atoms with Crippen molar-refractivity contribution >= 4 is 54.5 Å². The fourth-order valence-corrected chi connectivity index (χ4v) is 6.58. The van der Waals surface area contributed by atoms with Crippen molar-refractivity contribution in [3.05, 3.63) is 64.0 Å². The number of methoxy groups -OCH3 is 1. The standard InChI is InChI=1S/C22H20ClNO6S3/c1-30-22(25)14-5-7-16(13-3-4-13)20(11-14)33(28,29)24-18-12-15(32(2,26)27)6-8-17(18)19-9-10-21(23)31-19/h5-13,24H,3-4H2,1-2H3. The van der Waals surface area contributed by atoms with Gasteiger partial charge in [-0.3, -0.25) is 4.72 Å². The molecule has 0 bridgehead atoms. The molecule has 174 valence electrons. The van der Waals surface area contributed by atoms with Crippen LogP contribution < -0.4 is 4.72 Å². The molecule has 0 radical (unpaired) electrons. The minimum Gasteiger partial charge on any atom is -0.465 e. The Kier molecular flexibility index (Phi) is 6.30. The fraction of sp³-hybridized carbons (Fsp3) is 0.227. The van der Waals surface area contributed by atoms with Crippen LogP contribution in [0.15, 0.2) is 58.3 Å². The Hall–Kier alpha value is -2.40. The van der Waals surface area contributed by atoms with Gasteiger partial charge >= 0.3 is 5.97 Å². The molecule has 0 atom stereocenters. The Morgan fingerprint density at radius 1 is 1.06 bits per heavy atom. The van der Waals surface area contributed by atoms with Gasteiger partial charge in [-0.15, -0.1) is 11.3 Å². The average Bonchev–Trinajstić information content (AvgIpc) is 3.52. The van der Waals surface area contributed by atoms with Crippen LogP contribution in [0.3, 0.4) is 0 Å². The predicted octanol–water partition coefficient (Wildman–Crippen LogP) is 4.94. The Morgan fingerprint density at radius 2 is 1.79 bits per heavy atom. The summed E-state index contributed by atoms with van der Waals surface area (Å²) in [4.78, 5) is 12.6. The number of nitrogens with one attached hydrogen (secondary N) is 1. The molecule has 1 aromatic heterocycles. The topological polar surface area (TPSA) is 107 Å². The number of hydrogen-bond donors (Lipinski definition) is 1. The molecular formula is C22H20ClNO6S3. The van der Waals surface area contributed by atoms with Gasteiger partial charge in [0.05, 0.1) is 32.5 Å². The van der Waals surface area contributed by atoms with Crippen molar-refractivity contribution in [2.75, 3.05) is 18.1 Å². The first-order chi connectivity index (χ1) is 15.5. The highest BCUT2D eigenvalue weighted by Gasteiger charge is 2.32. The zero-order chi connectivity index (χ0) is 24.0. The number of halogens is 1. The summed E-state index contributed by atoms with van der Waals surface area (Å²) in [6.45, 7) is 0. The lowest BCUT2D eigenvalue weighted by Crippen LogP contribution is -2.17. The Balaban J connectivity index is 1.85.